The summed E-state index contributed by atoms with van der Waals surface area (Å²) in [4.78, 5) is 14.1. The lowest BCUT2D eigenvalue weighted by molar-refractivity contribution is 0.0398. The highest BCUT2D eigenvalue weighted by atomic mass is 16.5. The summed E-state index contributed by atoms with van der Waals surface area (Å²) in [5.41, 5.74) is 9.42. The van der Waals surface area contributed by atoms with Gasteiger partial charge in [0.1, 0.15) is 18.1 Å². The van der Waals surface area contributed by atoms with Gasteiger partial charge < -0.3 is 30.3 Å². The monoisotopic (exact) mass is 515 g/mol. The molecule has 9 heteroatoms. The zero-order valence-corrected chi connectivity index (χ0v) is 22.3. The topological polar surface area (TPSA) is 86.8 Å². The fourth-order valence-electron chi connectivity index (χ4n) is 5.50. The van der Waals surface area contributed by atoms with Crippen LogP contribution in [-0.4, -0.2) is 74.0 Å². The molecule has 200 valence electrons. The van der Waals surface area contributed by atoms with E-state index in [1.54, 1.807) is 0 Å². The van der Waals surface area contributed by atoms with Crippen LogP contribution in [0.25, 0.3) is 0 Å². The fourth-order valence-corrected chi connectivity index (χ4v) is 5.50. The molecule has 3 aliphatic heterocycles. The fraction of sp³-hybridized carbons (Fsp3) is 0.448. The Morgan fingerprint density at radius 2 is 1.89 bits per heavy atom. The van der Waals surface area contributed by atoms with Crippen molar-refractivity contribution in [1.82, 2.24) is 14.9 Å². The van der Waals surface area contributed by atoms with E-state index in [0.29, 0.717) is 12.5 Å². The van der Waals surface area contributed by atoms with Gasteiger partial charge in [-0.05, 0) is 61.2 Å². The molecule has 0 amide bonds. The molecular weight excluding hydrogens is 478 g/mol. The molecule has 0 unspecified atom stereocenters. The molecule has 5 heterocycles. The van der Waals surface area contributed by atoms with Crippen LogP contribution in [0.4, 0.5) is 28.6 Å². The van der Waals surface area contributed by atoms with E-state index in [1.165, 1.54) is 27.9 Å². The number of anilines is 5. The number of ether oxygens (including phenoxy) is 2. The van der Waals surface area contributed by atoms with E-state index >= 15 is 0 Å². The second-order valence-electron chi connectivity index (χ2n) is 10.3. The van der Waals surface area contributed by atoms with Crippen molar-refractivity contribution in [2.45, 2.75) is 26.8 Å². The largest absolute Gasteiger partial charge is 0.474 e. The molecule has 1 fully saturated rings. The minimum atomic E-state index is 0.659. The van der Waals surface area contributed by atoms with Crippen LogP contribution in [0, 0.1) is 13.8 Å². The van der Waals surface area contributed by atoms with Crippen LogP contribution < -0.4 is 25.6 Å². The van der Waals surface area contributed by atoms with Crippen LogP contribution in [0.5, 0.6) is 5.88 Å². The van der Waals surface area contributed by atoms with E-state index in [2.05, 4.69) is 68.8 Å². The first-order valence-electron chi connectivity index (χ1n) is 13.6. The molecule has 3 aliphatic rings. The van der Waals surface area contributed by atoms with E-state index < -0.39 is 0 Å². The first-order chi connectivity index (χ1) is 18.6. The van der Waals surface area contributed by atoms with Gasteiger partial charge in [0.25, 0.3) is 0 Å². The highest BCUT2D eigenvalue weighted by molar-refractivity contribution is 5.71. The lowest BCUT2D eigenvalue weighted by Crippen LogP contribution is -2.39. The number of aromatic nitrogens is 2. The predicted octanol–water partition coefficient (Wildman–Crippen LogP) is 3.95. The predicted molar refractivity (Wildman–Crippen MR) is 152 cm³/mol. The van der Waals surface area contributed by atoms with Crippen LogP contribution in [-0.2, 0) is 17.7 Å². The smallest absolute Gasteiger partial charge is 0.237 e. The summed E-state index contributed by atoms with van der Waals surface area (Å²) in [7, 11) is 0. The van der Waals surface area contributed by atoms with Gasteiger partial charge >= 0.3 is 0 Å². The normalized spacial score (nSPS) is 17.2. The highest BCUT2D eigenvalue weighted by Crippen LogP contribution is 2.36. The molecule has 3 N–H and O–H groups in total. The van der Waals surface area contributed by atoms with E-state index in [1.807, 2.05) is 12.4 Å². The van der Waals surface area contributed by atoms with Crippen molar-refractivity contribution in [3.63, 3.8) is 0 Å². The summed E-state index contributed by atoms with van der Waals surface area (Å²) in [5.74, 6) is 1.58. The van der Waals surface area contributed by atoms with Crippen LogP contribution >= 0.6 is 0 Å². The van der Waals surface area contributed by atoms with Gasteiger partial charge in [0.05, 0.1) is 25.1 Å². The molecule has 0 aliphatic carbocycles. The number of hydrogen-bond acceptors (Lipinski definition) is 9. The average Bonchev–Trinajstić information content (AvgIpc) is 2.95. The number of fused-ring (bicyclic) bond motifs is 2. The molecule has 1 aromatic carbocycles. The maximum absolute atomic E-state index is 5.72. The van der Waals surface area contributed by atoms with E-state index in [-0.39, 0.29) is 0 Å². The molecule has 0 radical (unpaired) electrons. The number of morpholine rings is 1. The first kappa shape index (κ1) is 24.8. The zero-order valence-electron chi connectivity index (χ0n) is 22.3. The number of benzene rings is 1. The summed E-state index contributed by atoms with van der Waals surface area (Å²) in [6.07, 6.45) is 4.94. The lowest BCUT2D eigenvalue weighted by Gasteiger charge is -2.33. The van der Waals surface area contributed by atoms with Gasteiger partial charge in [-0.25, -0.2) is 9.97 Å². The molecule has 38 heavy (non-hydrogen) atoms. The first-order valence-corrected chi connectivity index (χ1v) is 13.6. The summed E-state index contributed by atoms with van der Waals surface area (Å²) in [6.45, 7) is 13.2. The molecule has 2 aromatic heterocycles. The Balaban J connectivity index is 1.10. The van der Waals surface area contributed by atoms with Gasteiger partial charge in [0.15, 0.2) is 0 Å². The molecule has 6 rings (SSSR count). The van der Waals surface area contributed by atoms with Crippen molar-refractivity contribution >= 4 is 28.6 Å². The quantitative estimate of drug-likeness (QED) is 0.433. The Kier molecular flexibility index (Phi) is 7.20. The number of nitrogens with one attached hydrogen (secondary N) is 3. The molecule has 0 spiro atoms. The number of hydrogen-bond donors (Lipinski definition) is 3. The van der Waals surface area contributed by atoms with Crippen LogP contribution in [0.3, 0.4) is 0 Å². The maximum Gasteiger partial charge on any atom is 0.237 e. The van der Waals surface area contributed by atoms with Gasteiger partial charge in [-0.3, -0.25) is 4.90 Å². The molecule has 3 aromatic rings. The van der Waals surface area contributed by atoms with Crippen molar-refractivity contribution in [2.75, 3.05) is 79.9 Å². The standard InChI is InChI=1S/C29H37N7O2/c1-20-15-24(3-4-25(20)30-6-9-35-10-13-37-14-11-35)34-27-16-23-19-36(8-5-22(23)17-32-27)26-18-33-29-28(21(26)2)31-7-12-38-29/h3-4,15-18,30-31H,5-14,19H2,1-2H3,(H,32,34). The summed E-state index contributed by atoms with van der Waals surface area (Å²) >= 11 is 0. The number of pyridine rings is 2. The van der Waals surface area contributed by atoms with Gasteiger partial charge in [-0.15, -0.1) is 0 Å². The minimum Gasteiger partial charge on any atom is -0.474 e. The number of rotatable bonds is 7. The Hall–Kier alpha value is -3.56. The maximum atomic E-state index is 5.72. The van der Waals surface area contributed by atoms with E-state index in [4.69, 9.17) is 14.5 Å². The van der Waals surface area contributed by atoms with Gasteiger partial charge in [-0.2, -0.15) is 0 Å². The van der Waals surface area contributed by atoms with Crippen molar-refractivity contribution in [3.8, 4) is 5.88 Å². The van der Waals surface area contributed by atoms with Crippen molar-refractivity contribution in [3.05, 3.63) is 58.9 Å². The SMILES string of the molecule is Cc1cc(Nc2cc3c(cn2)CCN(c2cnc4c(c2C)NCCO4)C3)ccc1NCCN1CCOCC1. The second-order valence-corrected chi connectivity index (χ2v) is 10.3. The summed E-state index contributed by atoms with van der Waals surface area (Å²) < 4.78 is 11.2. The highest BCUT2D eigenvalue weighted by Gasteiger charge is 2.23. The van der Waals surface area contributed by atoms with Gasteiger partial charge in [0, 0.05) is 68.9 Å². The van der Waals surface area contributed by atoms with E-state index in [0.717, 1.165) is 88.3 Å². The van der Waals surface area contributed by atoms with Crippen LogP contribution in [0.15, 0.2) is 36.7 Å². The third-order valence-corrected chi connectivity index (χ3v) is 7.70. The van der Waals surface area contributed by atoms with Crippen molar-refractivity contribution < 1.29 is 9.47 Å². The van der Waals surface area contributed by atoms with Crippen molar-refractivity contribution in [2.24, 2.45) is 0 Å². The average molecular weight is 516 g/mol. The molecule has 0 saturated carbocycles. The molecule has 0 bridgehead atoms. The third-order valence-electron chi connectivity index (χ3n) is 7.70. The van der Waals surface area contributed by atoms with Crippen LogP contribution in [0.1, 0.15) is 22.3 Å². The molecular formula is C29H37N7O2. The minimum absolute atomic E-state index is 0.659. The molecule has 0 atom stereocenters. The number of nitrogens with zero attached hydrogens (tertiary/aromatic N) is 4. The molecule has 9 nitrogen and oxygen atoms in total. The lowest BCUT2D eigenvalue weighted by atomic mass is 10.0. The van der Waals surface area contributed by atoms with Gasteiger partial charge in [-0.1, -0.05) is 0 Å². The Bertz CT molecular complexity index is 1290. The van der Waals surface area contributed by atoms with Gasteiger partial charge in [0.2, 0.25) is 5.88 Å². The summed E-state index contributed by atoms with van der Waals surface area (Å²) in [6, 6.07) is 8.64. The Labute approximate surface area is 224 Å². The zero-order chi connectivity index (χ0) is 25.9. The second kappa shape index (κ2) is 11.0. The number of aryl methyl sites for hydroxylation is 1. The third kappa shape index (κ3) is 5.35. The van der Waals surface area contributed by atoms with E-state index in [9.17, 15) is 0 Å². The van der Waals surface area contributed by atoms with Crippen molar-refractivity contribution in [1.29, 1.82) is 0 Å². The Morgan fingerprint density at radius 1 is 1.00 bits per heavy atom. The summed E-state index contributed by atoms with van der Waals surface area (Å²) in [5, 5.41) is 10.6. The molecule has 1 saturated heterocycles. The Morgan fingerprint density at radius 3 is 2.76 bits per heavy atom. The van der Waals surface area contributed by atoms with Crippen LogP contribution in [0.2, 0.25) is 0 Å².